The van der Waals surface area contributed by atoms with Gasteiger partial charge in [-0.3, -0.25) is 14.5 Å². The highest BCUT2D eigenvalue weighted by Crippen LogP contribution is 2.26. The minimum Gasteiger partial charge on any atom is -0.342 e. The molecule has 3 rings (SSSR count). The third-order valence-corrected chi connectivity index (χ3v) is 6.38. The van der Waals surface area contributed by atoms with Crippen molar-refractivity contribution in [1.82, 2.24) is 14.7 Å². The molecular weight excluding hydrogens is 387 g/mol. The number of piperazine rings is 1. The number of amides is 2. The lowest BCUT2D eigenvalue weighted by molar-refractivity contribution is -0.138. The van der Waals surface area contributed by atoms with Crippen LogP contribution in [0.1, 0.15) is 51.4 Å². The van der Waals surface area contributed by atoms with E-state index < -0.39 is 0 Å². The first-order valence-corrected chi connectivity index (χ1v) is 10.1. The molecule has 1 heterocycles. The van der Waals surface area contributed by atoms with E-state index in [1.54, 1.807) is 0 Å². The Labute approximate surface area is 176 Å². The van der Waals surface area contributed by atoms with E-state index in [0.29, 0.717) is 12.6 Å². The van der Waals surface area contributed by atoms with Crippen molar-refractivity contribution >= 4 is 36.6 Å². The van der Waals surface area contributed by atoms with E-state index in [0.717, 1.165) is 58.3 Å². The number of carbonyl (C=O) groups is 2. The standard InChI is InChI=1S/C19H34N4O2.2ClH/c1-21(17-5-3-2-4-6-17)18(24)14-22-9-11-23(12-10-22)19(25)15-7-8-16(20)13-15;;/h15-17H,2-14,20H2,1H3;2*1H. The van der Waals surface area contributed by atoms with Crippen LogP contribution in [0.3, 0.4) is 0 Å². The predicted molar refractivity (Wildman–Crippen MR) is 112 cm³/mol. The van der Waals surface area contributed by atoms with Gasteiger partial charge in [-0.25, -0.2) is 0 Å². The normalized spacial score (nSPS) is 26.8. The minimum atomic E-state index is 0. The van der Waals surface area contributed by atoms with Crippen LogP contribution in [-0.2, 0) is 9.59 Å². The zero-order chi connectivity index (χ0) is 17.8. The fourth-order valence-corrected chi connectivity index (χ4v) is 4.60. The summed E-state index contributed by atoms with van der Waals surface area (Å²) in [6.07, 6.45) is 8.83. The molecule has 3 aliphatic rings. The van der Waals surface area contributed by atoms with E-state index >= 15 is 0 Å². The molecular formula is C19H36Cl2N4O2. The van der Waals surface area contributed by atoms with Gasteiger partial charge in [0.1, 0.15) is 0 Å². The molecule has 0 aromatic rings. The van der Waals surface area contributed by atoms with Gasteiger partial charge in [-0.2, -0.15) is 0 Å². The number of nitrogens with two attached hydrogens (primary N) is 1. The highest BCUT2D eigenvalue weighted by Gasteiger charge is 2.33. The van der Waals surface area contributed by atoms with Crippen LogP contribution >= 0.6 is 24.8 Å². The molecule has 2 aliphatic carbocycles. The molecule has 2 amide bonds. The van der Waals surface area contributed by atoms with Crippen molar-refractivity contribution in [1.29, 1.82) is 0 Å². The molecule has 0 aromatic carbocycles. The monoisotopic (exact) mass is 422 g/mol. The molecule has 27 heavy (non-hydrogen) atoms. The highest BCUT2D eigenvalue weighted by atomic mass is 35.5. The number of hydrogen-bond acceptors (Lipinski definition) is 4. The summed E-state index contributed by atoms with van der Waals surface area (Å²) in [6, 6.07) is 0.624. The van der Waals surface area contributed by atoms with Gasteiger partial charge in [-0.15, -0.1) is 24.8 Å². The van der Waals surface area contributed by atoms with Crippen LogP contribution in [0.25, 0.3) is 0 Å². The van der Waals surface area contributed by atoms with Crippen molar-refractivity contribution in [3.8, 4) is 0 Å². The van der Waals surface area contributed by atoms with E-state index in [2.05, 4.69) is 4.90 Å². The number of carbonyl (C=O) groups excluding carboxylic acids is 2. The molecule has 158 valence electrons. The average Bonchev–Trinajstić information content (AvgIpc) is 3.08. The van der Waals surface area contributed by atoms with E-state index in [9.17, 15) is 9.59 Å². The number of likely N-dealkylation sites (N-methyl/N-ethyl adjacent to an activating group) is 1. The number of hydrogen-bond donors (Lipinski definition) is 1. The van der Waals surface area contributed by atoms with Crippen molar-refractivity contribution in [2.75, 3.05) is 39.8 Å². The van der Waals surface area contributed by atoms with Gasteiger partial charge in [0.15, 0.2) is 0 Å². The summed E-state index contributed by atoms with van der Waals surface area (Å²) in [5.74, 6) is 0.632. The van der Waals surface area contributed by atoms with Gasteiger partial charge in [-0.1, -0.05) is 19.3 Å². The molecule has 2 saturated carbocycles. The Hall–Kier alpha value is -0.560. The van der Waals surface area contributed by atoms with Gasteiger partial charge in [0.05, 0.1) is 6.54 Å². The Kier molecular flexibility index (Phi) is 10.4. The second-order valence-electron chi connectivity index (χ2n) is 8.17. The van der Waals surface area contributed by atoms with Crippen LogP contribution < -0.4 is 5.73 Å². The predicted octanol–water partition coefficient (Wildman–Crippen LogP) is 1.89. The molecule has 3 fully saturated rings. The van der Waals surface area contributed by atoms with Crippen LogP contribution in [0.5, 0.6) is 0 Å². The zero-order valence-corrected chi connectivity index (χ0v) is 18.1. The molecule has 0 bridgehead atoms. The molecule has 2 atom stereocenters. The fraction of sp³-hybridized carbons (Fsp3) is 0.895. The van der Waals surface area contributed by atoms with Crippen LogP contribution in [0.2, 0.25) is 0 Å². The van der Waals surface area contributed by atoms with Crippen molar-refractivity contribution in [3.05, 3.63) is 0 Å². The molecule has 1 aliphatic heterocycles. The smallest absolute Gasteiger partial charge is 0.236 e. The molecule has 6 nitrogen and oxygen atoms in total. The van der Waals surface area contributed by atoms with Crippen molar-refractivity contribution in [2.45, 2.75) is 63.5 Å². The maximum atomic E-state index is 12.6. The Balaban J connectivity index is 0.00000182. The first-order valence-electron chi connectivity index (χ1n) is 10.1. The average molecular weight is 423 g/mol. The highest BCUT2D eigenvalue weighted by molar-refractivity contribution is 5.85. The van der Waals surface area contributed by atoms with Gasteiger partial charge < -0.3 is 15.5 Å². The Morgan fingerprint density at radius 1 is 0.963 bits per heavy atom. The summed E-state index contributed by atoms with van der Waals surface area (Å²) in [5.41, 5.74) is 5.94. The summed E-state index contributed by atoms with van der Waals surface area (Å²) >= 11 is 0. The lowest BCUT2D eigenvalue weighted by atomic mass is 9.94. The molecule has 0 spiro atoms. The third-order valence-electron chi connectivity index (χ3n) is 6.38. The molecule has 2 unspecified atom stereocenters. The quantitative estimate of drug-likeness (QED) is 0.750. The van der Waals surface area contributed by atoms with Crippen LogP contribution in [0, 0.1) is 5.92 Å². The largest absolute Gasteiger partial charge is 0.342 e. The van der Waals surface area contributed by atoms with Gasteiger partial charge >= 0.3 is 0 Å². The maximum absolute atomic E-state index is 12.6. The molecule has 0 aromatic heterocycles. The number of halogens is 2. The molecule has 0 radical (unpaired) electrons. The maximum Gasteiger partial charge on any atom is 0.236 e. The van der Waals surface area contributed by atoms with Gasteiger partial charge in [0.25, 0.3) is 0 Å². The zero-order valence-electron chi connectivity index (χ0n) is 16.5. The fourth-order valence-electron chi connectivity index (χ4n) is 4.60. The van der Waals surface area contributed by atoms with E-state index in [-0.39, 0.29) is 48.6 Å². The molecule has 1 saturated heterocycles. The van der Waals surface area contributed by atoms with E-state index in [1.807, 2.05) is 16.8 Å². The Bertz CT molecular complexity index is 480. The van der Waals surface area contributed by atoms with Crippen molar-refractivity contribution < 1.29 is 9.59 Å². The lowest BCUT2D eigenvalue weighted by Gasteiger charge is -2.37. The topological polar surface area (TPSA) is 69.9 Å². The van der Waals surface area contributed by atoms with E-state index in [4.69, 9.17) is 5.73 Å². The third kappa shape index (κ3) is 6.48. The summed E-state index contributed by atoms with van der Waals surface area (Å²) < 4.78 is 0. The Morgan fingerprint density at radius 3 is 2.15 bits per heavy atom. The van der Waals surface area contributed by atoms with Gasteiger partial charge in [0, 0.05) is 51.2 Å². The summed E-state index contributed by atoms with van der Waals surface area (Å²) in [6.45, 7) is 3.57. The Morgan fingerprint density at radius 2 is 1.59 bits per heavy atom. The van der Waals surface area contributed by atoms with Gasteiger partial charge in [-0.05, 0) is 32.1 Å². The van der Waals surface area contributed by atoms with Crippen LogP contribution in [0.15, 0.2) is 0 Å². The molecule has 2 N–H and O–H groups in total. The van der Waals surface area contributed by atoms with Gasteiger partial charge in [0.2, 0.25) is 11.8 Å². The second kappa shape index (κ2) is 11.4. The first kappa shape index (κ1) is 24.5. The SMILES string of the molecule is CN(C(=O)CN1CCN(C(=O)C2CCC(N)C2)CC1)C1CCCCC1.Cl.Cl. The summed E-state index contributed by atoms with van der Waals surface area (Å²) in [7, 11) is 1.96. The van der Waals surface area contributed by atoms with Crippen LogP contribution in [0.4, 0.5) is 0 Å². The van der Waals surface area contributed by atoms with Crippen molar-refractivity contribution in [2.24, 2.45) is 11.7 Å². The lowest BCUT2D eigenvalue weighted by Crippen LogP contribution is -2.53. The second-order valence-corrected chi connectivity index (χ2v) is 8.17. The number of nitrogens with zero attached hydrogens (tertiary/aromatic N) is 3. The summed E-state index contributed by atoms with van der Waals surface area (Å²) in [5, 5.41) is 0. The molecule has 8 heteroatoms. The van der Waals surface area contributed by atoms with E-state index in [1.165, 1.54) is 19.3 Å². The first-order chi connectivity index (χ1) is 12.0. The van der Waals surface area contributed by atoms with Crippen molar-refractivity contribution in [3.63, 3.8) is 0 Å². The number of rotatable bonds is 4. The minimum absolute atomic E-state index is 0. The van der Waals surface area contributed by atoms with Crippen LogP contribution in [-0.4, -0.2) is 78.4 Å². The summed E-state index contributed by atoms with van der Waals surface area (Å²) in [4.78, 5) is 31.3.